The second-order valence-electron chi connectivity index (χ2n) is 3.84. The number of nitrogen functional groups attached to an aromatic ring is 1. The van der Waals surface area contributed by atoms with E-state index in [1.165, 1.54) is 6.20 Å². The zero-order chi connectivity index (χ0) is 13.0. The first kappa shape index (κ1) is 12.8. The van der Waals surface area contributed by atoms with Crippen molar-refractivity contribution in [1.82, 2.24) is 20.1 Å². The molecular formula is C11H15N5OS. The van der Waals surface area contributed by atoms with Crippen LogP contribution in [0.4, 0.5) is 5.82 Å². The molecule has 0 aliphatic rings. The molecule has 18 heavy (non-hydrogen) atoms. The van der Waals surface area contributed by atoms with Crippen molar-refractivity contribution in [3.8, 4) is 11.6 Å². The predicted molar refractivity (Wildman–Crippen MR) is 70.8 cm³/mol. The van der Waals surface area contributed by atoms with Gasteiger partial charge in [0.05, 0.1) is 5.75 Å². The molecule has 0 aliphatic carbocycles. The molecule has 0 fully saturated rings. The molecule has 0 saturated carbocycles. The largest absolute Gasteiger partial charge is 0.382 e. The van der Waals surface area contributed by atoms with Gasteiger partial charge in [-0.3, -0.25) is 0 Å². The van der Waals surface area contributed by atoms with Crippen molar-refractivity contribution in [3.05, 3.63) is 18.2 Å². The normalized spacial score (nSPS) is 12.6. The summed E-state index contributed by atoms with van der Waals surface area (Å²) in [7, 11) is 0. The van der Waals surface area contributed by atoms with Gasteiger partial charge in [0.25, 0.3) is 5.89 Å². The van der Waals surface area contributed by atoms with Crippen LogP contribution < -0.4 is 5.73 Å². The summed E-state index contributed by atoms with van der Waals surface area (Å²) in [6, 6.07) is 0. The number of thioether (sulfide) groups is 1. The Labute approximate surface area is 109 Å². The SMILES string of the molecule is CCC(C)SCc1noc(-c2nccnc2N)n1. The van der Waals surface area contributed by atoms with Crippen LogP contribution in [-0.2, 0) is 5.75 Å². The lowest BCUT2D eigenvalue weighted by molar-refractivity contribution is 0.424. The lowest BCUT2D eigenvalue weighted by atomic mass is 10.4. The zero-order valence-corrected chi connectivity index (χ0v) is 11.1. The predicted octanol–water partition coefficient (Wildman–Crippen LogP) is 2.14. The Hall–Kier alpha value is -1.63. The smallest absolute Gasteiger partial charge is 0.280 e. The van der Waals surface area contributed by atoms with E-state index >= 15 is 0 Å². The van der Waals surface area contributed by atoms with Crippen molar-refractivity contribution in [2.45, 2.75) is 31.3 Å². The Morgan fingerprint density at radius 2 is 2.17 bits per heavy atom. The molecule has 1 atom stereocenters. The maximum Gasteiger partial charge on any atom is 0.280 e. The summed E-state index contributed by atoms with van der Waals surface area (Å²) in [5.74, 6) is 1.99. The molecule has 0 radical (unpaired) electrons. The first-order valence-electron chi connectivity index (χ1n) is 5.71. The van der Waals surface area contributed by atoms with Crippen molar-refractivity contribution < 1.29 is 4.52 Å². The van der Waals surface area contributed by atoms with Crippen molar-refractivity contribution in [2.75, 3.05) is 5.73 Å². The first-order chi connectivity index (χ1) is 8.70. The van der Waals surface area contributed by atoms with E-state index in [2.05, 4.69) is 34.0 Å². The summed E-state index contributed by atoms with van der Waals surface area (Å²) in [5, 5.41) is 4.49. The highest BCUT2D eigenvalue weighted by Gasteiger charge is 2.14. The van der Waals surface area contributed by atoms with Crippen LogP contribution in [0.25, 0.3) is 11.6 Å². The molecule has 0 saturated heterocycles. The number of hydrogen-bond donors (Lipinski definition) is 1. The monoisotopic (exact) mass is 265 g/mol. The van der Waals surface area contributed by atoms with Crippen molar-refractivity contribution in [2.24, 2.45) is 0 Å². The Morgan fingerprint density at radius 3 is 2.89 bits per heavy atom. The highest BCUT2D eigenvalue weighted by atomic mass is 32.2. The van der Waals surface area contributed by atoms with Crippen LogP contribution in [0, 0.1) is 0 Å². The van der Waals surface area contributed by atoms with Gasteiger partial charge in [-0.1, -0.05) is 19.0 Å². The van der Waals surface area contributed by atoms with Gasteiger partial charge in [-0.2, -0.15) is 16.7 Å². The fraction of sp³-hybridized carbons (Fsp3) is 0.455. The van der Waals surface area contributed by atoms with Gasteiger partial charge in [-0.25, -0.2) is 9.97 Å². The molecule has 2 aromatic rings. The Kier molecular flexibility index (Phi) is 4.14. The maximum atomic E-state index is 5.70. The third-order valence-electron chi connectivity index (χ3n) is 2.47. The van der Waals surface area contributed by atoms with Crippen LogP contribution in [-0.4, -0.2) is 25.4 Å². The maximum absolute atomic E-state index is 5.70. The Balaban J connectivity index is 2.09. The molecule has 2 rings (SSSR count). The summed E-state index contributed by atoms with van der Waals surface area (Å²) < 4.78 is 5.14. The van der Waals surface area contributed by atoms with Crippen LogP contribution in [0.5, 0.6) is 0 Å². The number of aromatic nitrogens is 4. The third-order valence-corrected chi connectivity index (χ3v) is 3.80. The van der Waals surface area contributed by atoms with Gasteiger partial charge in [0.1, 0.15) is 0 Å². The Morgan fingerprint density at radius 1 is 1.39 bits per heavy atom. The quantitative estimate of drug-likeness (QED) is 0.885. The van der Waals surface area contributed by atoms with Gasteiger partial charge in [0.2, 0.25) is 0 Å². The molecule has 6 nitrogen and oxygen atoms in total. The number of nitrogens with two attached hydrogens (primary N) is 1. The summed E-state index contributed by atoms with van der Waals surface area (Å²) in [6.07, 6.45) is 4.19. The number of hydrogen-bond acceptors (Lipinski definition) is 7. The Bertz CT molecular complexity index is 516. The number of anilines is 1. The van der Waals surface area contributed by atoms with Gasteiger partial charge in [0, 0.05) is 17.6 Å². The average Bonchev–Trinajstić information content (AvgIpc) is 2.85. The minimum atomic E-state index is 0.294. The molecule has 1 unspecified atom stereocenters. The molecule has 7 heteroatoms. The molecule has 0 aliphatic heterocycles. The van der Waals surface area contributed by atoms with Gasteiger partial charge in [-0.05, 0) is 6.42 Å². The molecule has 0 bridgehead atoms. The van der Waals surface area contributed by atoms with Crippen LogP contribution in [0.1, 0.15) is 26.1 Å². The fourth-order valence-electron chi connectivity index (χ4n) is 1.26. The summed E-state index contributed by atoms with van der Waals surface area (Å²) in [4.78, 5) is 12.3. The second-order valence-corrected chi connectivity index (χ2v) is 5.26. The topological polar surface area (TPSA) is 90.7 Å². The standard InChI is InChI=1S/C11H15N5OS/c1-3-7(2)18-6-8-15-11(17-16-8)9-10(12)14-5-4-13-9/h4-5,7H,3,6H2,1-2H3,(H2,12,14). The van der Waals surface area contributed by atoms with E-state index in [1.54, 1.807) is 18.0 Å². The van der Waals surface area contributed by atoms with E-state index in [0.29, 0.717) is 28.5 Å². The minimum absolute atomic E-state index is 0.294. The van der Waals surface area contributed by atoms with Gasteiger partial charge in [0.15, 0.2) is 17.3 Å². The van der Waals surface area contributed by atoms with E-state index in [-0.39, 0.29) is 0 Å². The van der Waals surface area contributed by atoms with Crippen LogP contribution in [0.3, 0.4) is 0 Å². The summed E-state index contributed by atoms with van der Waals surface area (Å²) in [5.41, 5.74) is 6.13. The van der Waals surface area contributed by atoms with E-state index < -0.39 is 0 Å². The minimum Gasteiger partial charge on any atom is -0.382 e. The lowest BCUT2D eigenvalue weighted by Gasteiger charge is -2.04. The third kappa shape index (κ3) is 2.98. The highest BCUT2D eigenvalue weighted by Crippen LogP contribution is 2.22. The molecule has 2 aromatic heterocycles. The molecule has 96 valence electrons. The number of rotatable bonds is 5. The number of nitrogens with zero attached hydrogens (tertiary/aromatic N) is 4. The second kappa shape index (κ2) is 5.81. The van der Waals surface area contributed by atoms with Gasteiger partial charge in [-0.15, -0.1) is 0 Å². The molecule has 0 amide bonds. The van der Waals surface area contributed by atoms with Crippen molar-refractivity contribution in [3.63, 3.8) is 0 Å². The van der Waals surface area contributed by atoms with E-state index in [4.69, 9.17) is 10.3 Å². The molecule has 2 heterocycles. The van der Waals surface area contributed by atoms with E-state index in [1.807, 2.05) is 0 Å². The highest BCUT2D eigenvalue weighted by molar-refractivity contribution is 7.99. The molecule has 2 N–H and O–H groups in total. The van der Waals surface area contributed by atoms with Crippen molar-refractivity contribution in [1.29, 1.82) is 0 Å². The van der Waals surface area contributed by atoms with Crippen molar-refractivity contribution >= 4 is 17.6 Å². The van der Waals surface area contributed by atoms with Gasteiger partial charge >= 0.3 is 0 Å². The van der Waals surface area contributed by atoms with Gasteiger partial charge < -0.3 is 10.3 Å². The zero-order valence-electron chi connectivity index (χ0n) is 10.3. The van der Waals surface area contributed by atoms with Crippen LogP contribution in [0.2, 0.25) is 0 Å². The fourth-order valence-corrected chi connectivity index (χ4v) is 2.04. The summed E-state index contributed by atoms with van der Waals surface area (Å²) in [6.45, 7) is 4.33. The lowest BCUT2D eigenvalue weighted by Crippen LogP contribution is -1.97. The first-order valence-corrected chi connectivity index (χ1v) is 6.76. The van der Waals surface area contributed by atoms with E-state index in [0.717, 1.165) is 12.2 Å². The average molecular weight is 265 g/mol. The van der Waals surface area contributed by atoms with Crippen LogP contribution in [0.15, 0.2) is 16.9 Å². The van der Waals surface area contributed by atoms with E-state index in [9.17, 15) is 0 Å². The molecular weight excluding hydrogens is 250 g/mol. The molecule has 0 aromatic carbocycles. The van der Waals surface area contributed by atoms with Crippen LogP contribution >= 0.6 is 11.8 Å². The summed E-state index contributed by atoms with van der Waals surface area (Å²) >= 11 is 1.79. The molecule has 0 spiro atoms.